The number of hydrogen-bond donors (Lipinski definition) is 0. The van der Waals surface area contributed by atoms with Gasteiger partial charge in [-0.05, 0) is 60.7 Å². The van der Waals surface area contributed by atoms with Crippen LogP contribution in [-0.4, -0.2) is 49.3 Å². The number of amides is 2. The quantitative estimate of drug-likeness (QED) is 0.286. The summed E-state index contributed by atoms with van der Waals surface area (Å²) in [5.41, 5.74) is 2.91. The van der Waals surface area contributed by atoms with Crippen LogP contribution in [0.1, 0.15) is 48.5 Å². The van der Waals surface area contributed by atoms with E-state index in [9.17, 15) is 18.0 Å². The number of aromatic nitrogens is 1. The number of ether oxygens (including phenoxy) is 1. The number of anilines is 1. The van der Waals surface area contributed by atoms with Gasteiger partial charge in [-0.3, -0.25) is 9.59 Å². The molecule has 1 aliphatic carbocycles. The summed E-state index contributed by atoms with van der Waals surface area (Å²) >= 11 is 0. The molecule has 40 heavy (non-hydrogen) atoms. The van der Waals surface area contributed by atoms with E-state index in [2.05, 4.69) is 10.6 Å². The molecule has 0 spiro atoms. The summed E-state index contributed by atoms with van der Waals surface area (Å²) in [6.45, 7) is 2.09. The first-order valence-corrected chi connectivity index (χ1v) is 14.8. The largest absolute Gasteiger partial charge is 0.496 e. The zero-order valence-electron chi connectivity index (χ0n) is 22.9. The van der Waals surface area contributed by atoms with E-state index in [0.29, 0.717) is 12.3 Å². The summed E-state index contributed by atoms with van der Waals surface area (Å²) in [5.74, 6) is -0.128. The van der Waals surface area contributed by atoms with E-state index in [1.165, 1.54) is 26.3 Å². The van der Waals surface area contributed by atoms with Gasteiger partial charge in [-0.2, -0.15) is 0 Å². The van der Waals surface area contributed by atoms with Crippen LogP contribution in [0, 0.1) is 0 Å². The molecule has 0 N–H and O–H groups in total. The predicted molar refractivity (Wildman–Crippen MR) is 155 cm³/mol. The number of carbonyl (C=O) groups excluding carboxylic acids is 2. The second-order valence-electron chi connectivity index (χ2n) is 10.1. The van der Waals surface area contributed by atoms with E-state index in [1.807, 2.05) is 29.3 Å². The summed E-state index contributed by atoms with van der Waals surface area (Å²) in [5, 5.41) is 1.05. The van der Waals surface area contributed by atoms with Crippen molar-refractivity contribution in [2.75, 3.05) is 19.1 Å². The van der Waals surface area contributed by atoms with Crippen LogP contribution < -0.4 is 9.64 Å². The lowest BCUT2D eigenvalue weighted by atomic mass is 10.1. The van der Waals surface area contributed by atoms with Gasteiger partial charge in [0.05, 0.1) is 24.1 Å². The highest BCUT2D eigenvalue weighted by Crippen LogP contribution is 2.32. The number of fused-ring (bicyclic) bond motifs is 1. The van der Waals surface area contributed by atoms with Crippen molar-refractivity contribution in [2.24, 2.45) is 0 Å². The van der Waals surface area contributed by atoms with Crippen LogP contribution in [0.3, 0.4) is 0 Å². The Morgan fingerprint density at radius 2 is 1.70 bits per heavy atom. The van der Waals surface area contributed by atoms with Gasteiger partial charge in [0.15, 0.2) is 0 Å². The summed E-state index contributed by atoms with van der Waals surface area (Å²) in [6.07, 6.45) is 6.30. The van der Waals surface area contributed by atoms with Crippen molar-refractivity contribution < 1.29 is 22.7 Å². The fourth-order valence-electron chi connectivity index (χ4n) is 5.51. The van der Waals surface area contributed by atoms with Crippen LogP contribution in [0.4, 0.5) is 5.69 Å². The Balaban J connectivity index is 1.42. The highest BCUT2D eigenvalue weighted by Gasteiger charge is 2.28. The van der Waals surface area contributed by atoms with Crippen LogP contribution in [-0.2, 0) is 21.4 Å². The molecule has 5 rings (SSSR count). The van der Waals surface area contributed by atoms with E-state index >= 15 is 0 Å². The van der Waals surface area contributed by atoms with E-state index in [-0.39, 0.29) is 22.4 Å². The van der Waals surface area contributed by atoms with Crippen LogP contribution >= 0.6 is 0 Å². The van der Waals surface area contributed by atoms with E-state index in [1.54, 1.807) is 43.3 Å². The maximum absolute atomic E-state index is 13.2. The molecule has 1 fully saturated rings. The topological polar surface area (TPSA) is 88.9 Å². The van der Waals surface area contributed by atoms with Gasteiger partial charge in [-0.1, -0.05) is 43.2 Å². The second-order valence-corrected chi connectivity index (χ2v) is 12.1. The lowest BCUT2D eigenvalue weighted by Crippen LogP contribution is -2.37. The normalized spacial score (nSPS) is 13.9. The maximum Gasteiger partial charge on any atom is 0.267 e. The fourth-order valence-corrected chi connectivity index (χ4v) is 6.65. The van der Waals surface area contributed by atoms with Gasteiger partial charge in [0.2, 0.25) is 5.91 Å². The minimum absolute atomic E-state index is 0.0459. The third-order valence-corrected chi connectivity index (χ3v) is 9.38. The third-order valence-electron chi connectivity index (χ3n) is 7.63. The summed E-state index contributed by atoms with van der Waals surface area (Å²) in [6, 6.07) is 21.2. The Labute approximate surface area is 234 Å². The molecule has 0 aliphatic heterocycles. The highest BCUT2D eigenvalue weighted by atomic mass is 32.2. The first-order valence-electron chi connectivity index (χ1n) is 13.3. The molecule has 0 radical (unpaired) electrons. The van der Waals surface area contributed by atoms with Gasteiger partial charge in [0, 0.05) is 43.0 Å². The molecule has 1 saturated carbocycles. The molecule has 0 saturated heterocycles. The van der Waals surface area contributed by atoms with Gasteiger partial charge in [0.25, 0.3) is 15.9 Å². The Kier molecular flexibility index (Phi) is 7.67. The summed E-state index contributed by atoms with van der Waals surface area (Å²) in [7, 11) is -1.22. The van der Waals surface area contributed by atoms with Crippen LogP contribution in [0.15, 0.2) is 83.9 Å². The summed E-state index contributed by atoms with van der Waals surface area (Å²) < 4.78 is 34.4. The molecule has 0 atom stereocenters. The molecule has 0 unspecified atom stereocenters. The van der Waals surface area contributed by atoms with Crippen molar-refractivity contribution in [3.05, 3.63) is 90.1 Å². The van der Waals surface area contributed by atoms with Crippen LogP contribution in [0.25, 0.3) is 10.9 Å². The van der Waals surface area contributed by atoms with Crippen molar-refractivity contribution in [2.45, 2.75) is 50.1 Å². The van der Waals surface area contributed by atoms with E-state index < -0.39 is 15.9 Å². The van der Waals surface area contributed by atoms with Crippen molar-refractivity contribution in [3.63, 3.8) is 0 Å². The zero-order valence-corrected chi connectivity index (χ0v) is 23.7. The number of sulfonamides is 1. The van der Waals surface area contributed by atoms with Gasteiger partial charge >= 0.3 is 0 Å². The minimum Gasteiger partial charge on any atom is -0.496 e. The molecule has 3 aromatic carbocycles. The lowest BCUT2D eigenvalue weighted by Gasteiger charge is -2.28. The van der Waals surface area contributed by atoms with E-state index in [4.69, 9.17) is 4.74 Å². The predicted octanol–water partition coefficient (Wildman–Crippen LogP) is 5.45. The van der Waals surface area contributed by atoms with Crippen molar-refractivity contribution in [3.8, 4) is 5.75 Å². The number of hydrogen-bond acceptors (Lipinski definition) is 5. The molecule has 8 nitrogen and oxygen atoms in total. The number of benzene rings is 3. The maximum atomic E-state index is 13.2. The van der Waals surface area contributed by atoms with Gasteiger partial charge in [0.1, 0.15) is 5.75 Å². The van der Waals surface area contributed by atoms with Crippen LogP contribution in [0.5, 0.6) is 5.75 Å². The average molecular weight is 560 g/mol. The number of rotatable bonds is 8. The molecule has 9 heteroatoms. The Bertz CT molecular complexity index is 1660. The van der Waals surface area contributed by atoms with Gasteiger partial charge in [-0.15, -0.1) is 0 Å². The molecule has 2 amide bonds. The number of carbonyl (C=O) groups is 2. The Morgan fingerprint density at radius 1 is 0.975 bits per heavy atom. The molecule has 1 aliphatic rings. The second kappa shape index (κ2) is 11.2. The zero-order chi connectivity index (χ0) is 28.4. The molecular formula is C31H33N3O5S. The molecule has 4 aromatic rings. The third kappa shape index (κ3) is 5.21. The highest BCUT2D eigenvalue weighted by molar-refractivity contribution is 7.89. The minimum atomic E-state index is -3.99. The average Bonchev–Trinajstić information content (AvgIpc) is 3.63. The van der Waals surface area contributed by atoms with Crippen LogP contribution in [0.2, 0.25) is 0 Å². The van der Waals surface area contributed by atoms with Crippen molar-refractivity contribution >= 4 is 38.4 Å². The van der Waals surface area contributed by atoms with Crippen molar-refractivity contribution in [1.29, 1.82) is 0 Å². The van der Waals surface area contributed by atoms with Gasteiger partial charge in [-0.25, -0.2) is 12.7 Å². The first-order chi connectivity index (χ1) is 19.2. The fraction of sp³-hybridized carbons (Fsp3) is 0.290. The first kappa shape index (κ1) is 27.5. The smallest absolute Gasteiger partial charge is 0.267 e. The number of nitrogens with zero attached hydrogens (tertiary/aromatic N) is 3. The molecule has 1 aromatic heterocycles. The monoisotopic (exact) mass is 559 g/mol. The molecule has 0 bridgehead atoms. The molecular weight excluding hydrogens is 526 g/mol. The SMILES string of the molecule is COc1cc(C(=O)N(C)S(=O)(=O)c2ccccc2)ccc1Cn1ccc2ccc(N(C(C)=O)C3CCCC3)cc21. The van der Waals surface area contributed by atoms with Gasteiger partial charge < -0.3 is 14.2 Å². The molecule has 1 heterocycles. The molecule has 208 valence electrons. The Hall–Kier alpha value is -4.11. The summed E-state index contributed by atoms with van der Waals surface area (Å²) in [4.78, 5) is 27.7. The standard InChI is InChI=1S/C31H33N3O5S/c1-22(35)34(26-9-7-8-10-26)27-16-15-23-17-18-33(29(23)20-27)21-25-14-13-24(19-30(25)39-3)31(36)32(2)40(37,38)28-11-5-4-6-12-28/h4-6,11-20,26H,7-10,21H2,1-3H3. The Morgan fingerprint density at radius 3 is 2.38 bits per heavy atom. The number of methoxy groups -OCH3 is 1. The lowest BCUT2D eigenvalue weighted by molar-refractivity contribution is -0.117. The van der Waals surface area contributed by atoms with E-state index in [0.717, 1.165) is 52.1 Å². The van der Waals surface area contributed by atoms with Crippen molar-refractivity contribution in [1.82, 2.24) is 8.87 Å².